The van der Waals surface area contributed by atoms with Gasteiger partial charge in [-0.1, -0.05) is 49.2 Å². The molecular weight excluding hydrogens is 518 g/mol. The number of thiophene rings is 1. The summed E-state index contributed by atoms with van der Waals surface area (Å²) in [5.74, 6) is 1.03. The number of nitrogens with zero attached hydrogens (tertiary/aromatic N) is 2. The molecule has 40 heavy (non-hydrogen) atoms. The molecule has 202 valence electrons. The van der Waals surface area contributed by atoms with Gasteiger partial charge in [0, 0.05) is 22.3 Å². The van der Waals surface area contributed by atoms with Gasteiger partial charge in [0.1, 0.15) is 11.6 Å². The number of carbonyl (C=O) groups excluding carboxylic acids is 1. The van der Waals surface area contributed by atoms with Crippen LogP contribution < -0.4 is 14.8 Å². The molecule has 1 aliphatic carbocycles. The fraction of sp³-hybridized carbons (Fsp3) is 0.242. The van der Waals surface area contributed by atoms with E-state index in [2.05, 4.69) is 11.4 Å². The van der Waals surface area contributed by atoms with Crippen LogP contribution in [-0.2, 0) is 19.4 Å². The summed E-state index contributed by atoms with van der Waals surface area (Å²) < 4.78 is 11.6. The second kappa shape index (κ2) is 13.1. The van der Waals surface area contributed by atoms with Gasteiger partial charge < -0.3 is 14.8 Å². The van der Waals surface area contributed by atoms with Crippen LogP contribution in [0, 0.1) is 11.3 Å². The first-order chi connectivity index (χ1) is 19.7. The third-order valence-electron chi connectivity index (χ3n) is 6.95. The molecule has 7 heteroatoms. The monoisotopic (exact) mass is 549 g/mol. The highest BCUT2D eigenvalue weighted by Gasteiger charge is 2.24. The van der Waals surface area contributed by atoms with E-state index in [1.54, 1.807) is 30.7 Å². The molecule has 0 saturated carbocycles. The Morgan fingerprint density at radius 2 is 1.77 bits per heavy atom. The number of ether oxygens (including phenoxy) is 2. The summed E-state index contributed by atoms with van der Waals surface area (Å²) in [6.07, 6.45) is 8.27. The van der Waals surface area contributed by atoms with Crippen LogP contribution in [0.3, 0.4) is 0 Å². The van der Waals surface area contributed by atoms with E-state index >= 15 is 0 Å². The van der Waals surface area contributed by atoms with Crippen molar-refractivity contribution in [3.8, 4) is 17.6 Å². The zero-order chi connectivity index (χ0) is 27.7. The minimum Gasteiger partial charge on any atom is -0.493 e. The van der Waals surface area contributed by atoms with Crippen molar-refractivity contribution in [2.45, 2.75) is 45.1 Å². The Kier molecular flexibility index (Phi) is 8.89. The zero-order valence-corrected chi connectivity index (χ0v) is 23.3. The summed E-state index contributed by atoms with van der Waals surface area (Å²) >= 11 is 1.62. The van der Waals surface area contributed by atoms with E-state index in [9.17, 15) is 10.1 Å². The lowest BCUT2D eigenvalue weighted by Gasteiger charge is -2.12. The molecule has 5 rings (SSSR count). The minimum atomic E-state index is -0.115. The summed E-state index contributed by atoms with van der Waals surface area (Å²) in [7, 11) is 1.59. The van der Waals surface area contributed by atoms with Crippen molar-refractivity contribution in [2.24, 2.45) is 4.99 Å². The molecular formula is C33H31N3O3S. The van der Waals surface area contributed by atoms with Gasteiger partial charge in [0.15, 0.2) is 11.5 Å². The molecule has 0 saturated heterocycles. The summed E-state index contributed by atoms with van der Waals surface area (Å²) in [5.41, 5.74) is 4.83. The third-order valence-corrected chi connectivity index (χ3v) is 8.15. The first-order valence-electron chi connectivity index (χ1n) is 13.5. The van der Waals surface area contributed by atoms with E-state index in [0.29, 0.717) is 22.6 Å². The number of rotatable bonds is 8. The molecule has 1 amide bonds. The second-order valence-electron chi connectivity index (χ2n) is 9.64. The second-order valence-corrected chi connectivity index (χ2v) is 10.7. The fourth-order valence-corrected chi connectivity index (χ4v) is 6.10. The van der Waals surface area contributed by atoms with Crippen molar-refractivity contribution in [3.63, 3.8) is 0 Å². The van der Waals surface area contributed by atoms with Crippen molar-refractivity contribution in [1.82, 2.24) is 0 Å². The lowest BCUT2D eigenvalue weighted by Crippen LogP contribution is -2.14. The lowest BCUT2D eigenvalue weighted by molar-refractivity contribution is 0.102. The summed E-state index contributed by atoms with van der Waals surface area (Å²) in [6, 6.07) is 24.7. The van der Waals surface area contributed by atoms with E-state index < -0.39 is 0 Å². The number of benzene rings is 3. The van der Waals surface area contributed by atoms with Crippen LogP contribution in [0.15, 0.2) is 77.8 Å². The molecule has 1 aromatic heterocycles. The molecule has 6 nitrogen and oxygen atoms in total. The summed E-state index contributed by atoms with van der Waals surface area (Å²) in [4.78, 5) is 19.6. The van der Waals surface area contributed by atoms with Gasteiger partial charge >= 0.3 is 0 Å². The number of carbonyl (C=O) groups is 1. The summed E-state index contributed by atoms with van der Waals surface area (Å²) in [5, 5.41) is 13.1. The molecule has 0 fully saturated rings. The zero-order valence-electron chi connectivity index (χ0n) is 22.5. The molecule has 1 heterocycles. The highest BCUT2D eigenvalue weighted by Crippen LogP contribution is 2.39. The smallest absolute Gasteiger partial charge is 0.259 e. The number of amides is 1. The van der Waals surface area contributed by atoms with Crippen molar-refractivity contribution in [2.75, 3.05) is 12.4 Å². The first-order valence-corrected chi connectivity index (χ1v) is 14.3. The van der Waals surface area contributed by atoms with E-state index in [4.69, 9.17) is 14.5 Å². The SMILES string of the molecule is COc1cc(C=Nc2sc3c(c2C(=O)Nc2ccccc2)CCCCCC3)ccc1OCc1ccccc1C#N. The Morgan fingerprint density at radius 3 is 2.58 bits per heavy atom. The number of aryl methyl sites for hydroxylation is 1. The van der Waals surface area contributed by atoms with Gasteiger partial charge in [-0.25, -0.2) is 4.99 Å². The number of aliphatic imine (C=N–C) groups is 1. The number of para-hydroxylation sites is 1. The number of hydrogen-bond acceptors (Lipinski definition) is 6. The molecule has 0 bridgehead atoms. The molecule has 0 radical (unpaired) electrons. The maximum Gasteiger partial charge on any atom is 0.259 e. The minimum absolute atomic E-state index is 0.115. The molecule has 0 spiro atoms. The van der Waals surface area contributed by atoms with E-state index in [0.717, 1.165) is 53.1 Å². The van der Waals surface area contributed by atoms with E-state index in [-0.39, 0.29) is 12.5 Å². The first kappa shape index (κ1) is 27.2. The highest BCUT2D eigenvalue weighted by molar-refractivity contribution is 7.16. The average molecular weight is 550 g/mol. The van der Waals surface area contributed by atoms with E-state index in [1.807, 2.05) is 66.7 Å². The van der Waals surface area contributed by atoms with Gasteiger partial charge in [-0.15, -0.1) is 11.3 Å². The van der Waals surface area contributed by atoms with Gasteiger partial charge in [0.2, 0.25) is 0 Å². The largest absolute Gasteiger partial charge is 0.493 e. The molecule has 1 N–H and O–H groups in total. The Hall–Kier alpha value is -4.41. The quantitative estimate of drug-likeness (QED) is 0.227. The van der Waals surface area contributed by atoms with Gasteiger partial charge in [-0.3, -0.25) is 4.79 Å². The third kappa shape index (κ3) is 6.41. The Bertz CT molecular complexity index is 1550. The van der Waals surface area contributed by atoms with Crippen molar-refractivity contribution >= 4 is 34.1 Å². The predicted octanol–water partition coefficient (Wildman–Crippen LogP) is 7.87. The topological polar surface area (TPSA) is 83.7 Å². The fourth-order valence-electron chi connectivity index (χ4n) is 4.87. The highest BCUT2D eigenvalue weighted by atomic mass is 32.1. The van der Waals surface area contributed by atoms with Crippen LogP contribution in [-0.4, -0.2) is 19.2 Å². The van der Waals surface area contributed by atoms with Crippen LogP contribution in [0.5, 0.6) is 11.5 Å². The van der Waals surface area contributed by atoms with Crippen LogP contribution >= 0.6 is 11.3 Å². The number of hydrogen-bond donors (Lipinski definition) is 1. The van der Waals surface area contributed by atoms with Crippen LogP contribution in [0.25, 0.3) is 0 Å². The number of anilines is 1. The normalized spacial score (nSPS) is 13.1. The predicted molar refractivity (Wildman–Crippen MR) is 160 cm³/mol. The maximum absolute atomic E-state index is 13.5. The molecule has 1 aliphatic rings. The van der Waals surface area contributed by atoms with Gasteiger partial charge in [0.25, 0.3) is 5.91 Å². The van der Waals surface area contributed by atoms with Crippen LogP contribution in [0.4, 0.5) is 10.7 Å². The molecule has 0 unspecified atom stereocenters. The standard InChI is InChI=1S/C33H31N3O3S/c1-38-29-19-23(17-18-28(29)39-22-25-12-10-9-11-24(25)20-34)21-35-33-31(32(37)36-26-13-5-4-6-14-26)27-15-7-2-3-8-16-30(27)40-33/h4-6,9-14,17-19,21H,2-3,7-8,15-16,22H2,1H3,(H,36,37). The molecule has 3 aromatic carbocycles. The van der Waals surface area contributed by atoms with Crippen LogP contribution in [0.1, 0.15) is 63.2 Å². The number of nitriles is 1. The van der Waals surface area contributed by atoms with Gasteiger partial charge in [0.05, 0.1) is 24.3 Å². The van der Waals surface area contributed by atoms with Gasteiger partial charge in [-0.2, -0.15) is 5.26 Å². The number of nitrogens with one attached hydrogen (secondary N) is 1. The Morgan fingerprint density at radius 1 is 1.00 bits per heavy atom. The number of fused-ring (bicyclic) bond motifs is 1. The average Bonchev–Trinajstić information content (AvgIpc) is 3.31. The van der Waals surface area contributed by atoms with E-state index in [1.165, 1.54) is 17.7 Å². The van der Waals surface area contributed by atoms with Crippen LogP contribution in [0.2, 0.25) is 0 Å². The maximum atomic E-state index is 13.5. The Labute approximate surface area is 238 Å². The number of methoxy groups -OCH3 is 1. The summed E-state index contributed by atoms with van der Waals surface area (Å²) in [6.45, 7) is 0.258. The molecule has 0 atom stereocenters. The Balaban J connectivity index is 1.40. The lowest BCUT2D eigenvalue weighted by atomic mass is 9.96. The molecule has 4 aromatic rings. The van der Waals surface area contributed by atoms with Crippen molar-refractivity contribution < 1.29 is 14.3 Å². The van der Waals surface area contributed by atoms with Crippen molar-refractivity contribution in [3.05, 3.63) is 105 Å². The van der Waals surface area contributed by atoms with Crippen molar-refractivity contribution in [1.29, 1.82) is 5.26 Å². The van der Waals surface area contributed by atoms with Gasteiger partial charge in [-0.05, 0) is 73.2 Å². The molecule has 0 aliphatic heterocycles.